The van der Waals surface area contributed by atoms with Crippen molar-refractivity contribution in [3.8, 4) is 0 Å². The Kier molecular flexibility index (Phi) is 4.90. The number of aromatic amines is 1. The van der Waals surface area contributed by atoms with Gasteiger partial charge in [-0.15, -0.1) is 11.3 Å². The summed E-state index contributed by atoms with van der Waals surface area (Å²) in [5.41, 5.74) is 0.582. The van der Waals surface area contributed by atoms with Crippen LogP contribution in [-0.4, -0.2) is 53.8 Å². The second kappa shape index (κ2) is 7.59. The number of H-pyrrole nitrogens is 1. The highest BCUT2D eigenvalue weighted by molar-refractivity contribution is 7.89. The molecule has 0 bridgehead atoms. The molecule has 0 amide bonds. The van der Waals surface area contributed by atoms with Crippen LogP contribution in [0.2, 0.25) is 0 Å². The Balaban J connectivity index is 1.30. The van der Waals surface area contributed by atoms with Crippen LogP contribution in [0, 0.1) is 0 Å². The lowest BCUT2D eigenvalue weighted by atomic mass is 10.1. The van der Waals surface area contributed by atoms with Gasteiger partial charge in [0.25, 0.3) is 5.56 Å². The summed E-state index contributed by atoms with van der Waals surface area (Å²) in [4.78, 5) is 21.9. The monoisotopic (exact) mass is 440 g/mol. The smallest absolute Gasteiger partial charge is 0.268 e. The molecule has 1 aliphatic rings. The molecule has 3 heterocycles. The number of fused-ring (bicyclic) bond motifs is 2. The van der Waals surface area contributed by atoms with Crippen molar-refractivity contribution in [1.82, 2.24) is 19.2 Å². The van der Waals surface area contributed by atoms with Crippen LogP contribution in [0.15, 0.2) is 63.6 Å². The largest absolute Gasteiger partial charge is 0.308 e. The fourth-order valence-corrected chi connectivity index (χ4v) is 6.00. The van der Waals surface area contributed by atoms with Gasteiger partial charge < -0.3 is 4.98 Å². The molecule has 0 saturated carbocycles. The minimum Gasteiger partial charge on any atom is -0.308 e. The van der Waals surface area contributed by atoms with E-state index >= 15 is 0 Å². The summed E-state index contributed by atoms with van der Waals surface area (Å²) >= 11 is 1.38. The molecule has 1 fully saturated rings. The molecule has 30 heavy (non-hydrogen) atoms. The standard InChI is InChI=1S/C21H20N4O3S2/c26-21-20-18(7-12-29-20)22-19(23-21)14-24-8-10-25(11-9-24)30(27,28)17-6-5-15-3-1-2-4-16(15)13-17/h1-7,12-13H,8-11,14H2,(H,22,23,26). The minimum atomic E-state index is -3.54. The lowest BCUT2D eigenvalue weighted by Gasteiger charge is -2.33. The van der Waals surface area contributed by atoms with Gasteiger partial charge in [-0.1, -0.05) is 30.3 Å². The van der Waals surface area contributed by atoms with Crippen LogP contribution in [0.3, 0.4) is 0 Å². The van der Waals surface area contributed by atoms with Gasteiger partial charge in [-0.25, -0.2) is 13.4 Å². The van der Waals surface area contributed by atoms with Crippen molar-refractivity contribution in [2.45, 2.75) is 11.4 Å². The van der Waals surface area contributed by atoms with Gasteiger partial charge in [-0.2, -0.15) is 4.31 Å². The first kappa shape index (κ1) is 19.4. The summed E-state index contributed by atoms with van der Waals surface area (Å²) in [7, 11) is -3.54. The van der Waals surface area contributed by atoms with Crippen LogP contribution in [0.4, 0.5) is 0 Å². The SMILES string of the molecule is O=c1[nH]c(CN2CCN(S(=O)(=O)c3ccc4ccccc4c3)CC2)nc2ccsc12. The average Bonchev–Trinajstić information content (AvgIpc) is 3.23. The van der Waals surface area contributed by atoms with E-state index in [-0.39, 0.29) is 5.56 Å². The number of thiophene rings is 1. The maximum absolute atomic E-state index is 13.1. The normalized spacial score (nSPS) is 16.4. The van der Waals surface area contributed by atoms with Crippen LogP contribution < -0.4 is 5.56 Å². The summed E-state index contributed by atoms with van der Waals surface area (Å²) in [5.74, 6) is 0.608. The van der Waals surface area contributed by atoms with Gasteiger partial charge in [0.2, 0.25) is 10.0 Å². The highest BCUT2D eigenvalue weighted by Crippen LogP contribution is 2.23. The van der Waals surface area contributed by atoms with Crippen LogP contribution in [-0.2, 0) is 16.6 Å². The maximum atomic E-state index is 13.1. The van der Waals surface area contributed by atoms with Crippen molar-refractivity contribution in [2.75, 3.05) is 26.2 Å². The van der Waals surface area contributed by atoms with Crippen molar-refractivity contribution in [3.05, 3.63) is 70.1 Å². The Morgan fingerprint density at radius 1 is 1.00 bits per heavy atom. The van der Waals surface area contributed by atoms with E-state index in [0.29, 0.717) is 53.7 Å². The number of aromatic nitrogens is 2. The Bertz CT molecular complexity index is 1390. The van der Waals surface area contributed by atoms with E-state index in [9.17, 15) is 13.2 Å². The average molecular weight is 441 g/mol. The zero-order chi connectivity index (χ0) is 20.7. The summed E-state index contributed by atoms with van der Waals surface area (Å²) in [6.07, 6.45) is 0. The van der Waals surface area contributed by atoms with Gasteiger partial charge in [0, 0.05) is 26.2 Å². The molecule has 2 aromatic heterocycles. The van der Waals surface area contributed by atoms with E-state index in [1.54, 1.807) is 12.1 Å². The number of nitrogens with zero attached hydrogens (tertiary/aromatic N) is 3. The number of sulfonamides is 1. The molecule has 0 radical (unpaired) electrons. The quantitative estimate of drug-likeness (QED) is 0.527. The van der Waals surface area contributed by atoms with E-state index in [1.165, 1.54) is 15.6 Å². The summed E-state index contributed by atoms with van der Waals surface area (Å²) in [5, 5.41) is 3.79. The Hall–Kier alpha value is -2.59. The molecule has 1 aliphatic heterocycles. The number of hydrogen-bond acceptors (Lipinski definition) is 6. The van der Waals surface area contributed by atoms with Crippen molar-refractivity contribution in [1.29, 1.82) is 0 Å². The lowest BCUT2D eigenvalue weighted by Crippen LogP contribution is -2.48. The van der Waals surface area contributed by atoms with Crippen LogP contribution in [0.1, 0.15) is 5.82 Å². The van der Waals surface area contributed by atoms with Gasteiger partial charge in [0.15, 0.2) is 0 Å². The van der Waals surface area contributed by atoms with Crippen LogP contribution in [0.25, 0.3) is 21.0 Å². The van der Waals surface area contributed by atoms with Crippen molar-refractivity contribution in [3.63, 3.8) is 0 Å². The predicted octanol–water partition coefficient (Wildman–Crippen LogP) is 2.64. The van der Waals surface area contributed by atoms with E-state index in [0.717, 1.165) is 10.8 Å². The van der Waals surface area contributed by atoms with Gasteiger partial charge in [0.1, 0.15) is 10.5 Å². The lowest BCUT2D eigenvalue weighted by molar-refractivity contribution is 0.178. The number of benzene rings is 2. The molecule has 7 nitrogen and oxygen atoms in total. The van der Waals surface area contributed by atoms with Crippen molar-refractivity contribution >= 4 is 42.3 Å². The van der Waals surface area contributed by atoms with Crippen molar-refractivity contribution < 1.29 is 8.42 Å². The number of rotatable bonds is 4. The minimum absolute atomic E-state index is 0.123. The number of piperazine rings is 1. The second-order valence-corrected chi connectivity index (χ2v) is 10.2. The molecular weight excluding hydrogens is 420 g/mol. The van der Waals surface area contributed by atoms with E-state index < -0.39 is 10.0 Å². The Morgan fingerprint density at radius 3 is 2.57 bits per heavy atom. The highest BCUT2D eigenvalue weighted by Gasteiger charge is 2.29. The van der Waals surface area contributed by atoms with Gasteiger partial charge in [0.05, 0.1) is 17.0 Å². The van der Waals surface area contributed by atoms with E-state index in [2.05, 4.69) is 14.9 Å². The first-order valence-electron chi connectivity index (χ1n) is 9.68. The summed E-state index contributed by atoms with van der Waals surface area (Å²) in [6, 6.07) is 14.8. The zero-order valence-corrected chi connectivity index (χ0v) is 17.7. The van der Waals surface area contributed by atoms with Crippen LogP contribution in [0.5, 0.6) is 0 Å². The first-order chi connectivity index (χ1) is 14.5. The molecule has 2 aromatic carbocycles. The molecule has 9 heteroatoms. The van der Waals surface area contributed by atoms with Gasteiger partial charge in [-0.3, -0.25) is 9.69 Å². The fraction of sp³-hybridized carbons (Fsp3) is 0.238. The number of nitrogens with one attached hydrogen (secondary N) is 1. The summed E-state index contributed by atoms with van der Waals surface area (Å²) < 4.78 is 28.4. The molecule has 0 unspecified atom stereocenters. The Morgan fingerprint density at radius 2 is 1.77 bits per heavy atom. The van der Waals surface area contributed by atoms with Gasteiger partial charge in [-0.05, 0) is 34.4 Å². The fourth-order valence-electron chi connectivity index (χ4n) is 3.81. The van der Waals surface area contributed by atoms with E-state index in [1.807, 2.05) is 41.8 Å². The predicted molar refractivity (Wildman–Crippen MR) is 118 cm³/mol. The van der Waals surface area contributed by atoms with Gasteiger partial charge >= 0.3 is 0 Å². The molecule has 154 valence electrons. The first-order valence-corrected chi connectivity index (χ1v) is 12.0. The topological polar surface area (TPSA) is 86.4 Å². The third-order valence-electron chi connectivity index (χ3n) is 5.43. The maximum Gasteiger partial charge on any atom is 0.268 e. The third-order valence-corrected chi connectivity index (χ3v) is 8.22. The summed E-state index contributed by atoms with van der Waals surface area (Å²) in [6.45, 7) is 2.46. The van der Waals surface area contributed by atoms with Crippen LogP contribution >= 0.6 is 11.3 Å². The van der Waals surface area contributed by atoms with E-state index in [4.69, 9.17) is 0 Å². The zero-order valence-electron chi connectivity index (χ0n) is 16.1. The molecule has 1 N–H and O–H groups in total. The molecule has 0 spiro atoms. The number of hydrogen-bond donors (Lipinski definition) is 1. The third kappa shape index (κ3) is 3.54. The molecule has 1 saturated heterocycles. The molecular formula is C21H20N4O3S2. The molecule has 0 atom stereocenters. The Labute approximate surface area is 177 Å². The highest BCUT2D eigenvalue weighted by atomic mass is 32.2. The molecule has 0 aliphatic carbocycles. The second-order valence-electron chi connectivity index (χ2n) is 7.34. The molecule has 4 aromatic rings. The molecule has 5 rings (SSSR count). The van der Waals surface area contributed by atoms with Crippen molar-refractivity contribution in [2.24, 2.45) is 0 Å².